The molecule has 2 heteroatoms. The zero-order valence-corrected chi connectivity index (χ0v) is 11.4. The molecule has 0 fully saturated rings. The van der Waals surface area contributed by atoms with Gasteiger partial charge in [-0.1, -0.05) is 31.5 Å². The Morgan fingerprint density at radius 3 is 2.89 bits per heavy atom. The lowest BCUT2D eigenvalue weighted by molar-refractivity contribution is 0.245. The molecule has 0 spiro atoms. The van der Waals surface area contributed by atoms with E-state index in [4.69, 9.17) is 0 Å². The van der Waals surface area contributed by atoms with E-state index < -0.39 is 0 Å². The van der Waals surface area contributed by atoms with Gasteiger partial charge in [0.25, 0.3) is 0 Å². The van der Waals surface area contributed by atoms with E-state index in [0.29, 0.717) is 0 Å². The first-order valence-corrected chi connectivity index (χ1v) is 7.08. The highest BCUT2D eigenvalue weighted by Gasteiger charge is 2.21. The number of aryl methyl sites for hydroxylation is 1. The number of unbranched alkanes of at least 4 members (excludes halogenated alkanes) is 1. The fourth-order valence-corrected chi connectivity index (χ4v) is 3.14. The third kappa shape index (κ3) is 1.85. The minimum absolute atomic E-state index is 1.13. The van der Waals surface area contributed by atoms with Gasteiger partial charge in [0.05, 0.1) is 0 Å². The monoisotopic (exact) mass is 242 g/mol. The summed E-state index contributed by atoms with van der Waals surface area (Å²) in [5.41, 5.74) is 4.50. The van der Waals surface area contributed by atoms with Crippen LogP contribution in [0.2, 0.25) is 0 Å². The summed E-state index contributed by atoms with van der Waals surface area (Å²) in [6.07, 6.45) is 3.82. The largest absolute Gasteiger partial charge is 0.346 e. The van der Waals surface area contributed by atoms with Crippen LogP contribution < -0.4 is 0 Å². The number of para-hydroxylation sites is 1. The molecule has 3 rings (SSSR count). The van der Waals surface area contributed by atoms with Crippen molar-refractivity contribution in [2.45, 2.75) is 32.7 Å². The smallest absolute Gasteiger partial charge is 0.0483 e. The van der Waals surface area contributed by atoms with E-state index in [0.717, 1.165) is 6.54 Å². The van der Waals surface area contributed by atoms with Crippen molar-refractivity contribution in [3.63, 3.8) is 0 Å². The van der Waals surface area contributed by atoms with Crippen LogP contribution in [0.3, 0.4) is 0 Å². The summed E-state index contributed by atoms with van der Waals surface area (Å²) in [5.74, 6) is 0. The first-order valence-electron chi connectivity index (χ1n) is 7.08. The standard InChI is InChI=1S/C16H22N2/c1-3-4-10-18-11-9-14-13-7-5-6-8-15(13)17(2)16(14)12-18/h5-8H,3-4,9-12H2,1-2H3. The highest BCUT2D eigenvalue weighted by Crippen LogP contribution is 2.29. The topological polar surface area (TPSA) is 8.17 Å². The molecule has 0 aliphatic carbocycles. The molecule has 1 aromatic carbocycles. The summed E-state index contributed by atoms with van der Waals surface area (Å²) in [6, 6.07) is 8.81. The Bertz CT molecular complexity index is 553. The van der Waals surface area contributed by atoms with Crippen molar-refractivity contribution in [1.29, 1.82) is 0 Å². The van der Waals surface area contributed by atoms with Crippen molar-refractivity contribution in [3.8, 4) is 0 Å². The SMILES string of the molecule is CCCCN1CCc2c(n(C)c3ccccc23)C1. The molecule has 2 heterocycles. The lowest BCUT2D eigenvalue weighted by Gasteiger charge is -2.27. The van der Waals surface area contributed by atoms with Crippen molar-refractivity contribution in [2.24, 2.45) is 7.05 Å². The third-order valence-corrected chi connectivity index (χ3v) is 4.22. The van der Waals surface area contributed by atoms with Gasteiger partial charge in [0.1, 0.15) is 0 Å². The molecule has 1 aliphatic heterocycles. The van der Waals surface area contributed by atoms with E-state index in [-0.39, 0.29) is 0 Å². The van der Waals surface area contributed by atoms with Crippen LogP contribution in [0, 0.1) is 0 Å². The van der Waals surface area contributed by atoms with Gasteiger partial charge >= 0.3 is 0 Å². The van der Waals surface area contributed by atoms with Crippen molar-refractivity contribution < 1.29 is 0 Å². The molecule has 0 unspecified atom stereocenters. The van der Waals surface area contributed by atoms with Gasteiger partial charge in [-0.25, -0.2) is 0 Å². The quantitative estimate of drug-likeness (QED) is 0.801. The van der Waals surface area contributed by atoms with Gasteiger partial charge in [0, 0.05) is 36.7 Å². The number of benzene rings is 1. The maximum Gasteiger partial charge on any atom is 0.0483 e. The highest BCUT2D eigenvalue weighted by atomic mass is 15.2. The summed E-state index contributed by atoms with van der Waals surface area (Å²) in [7, 11) is 2.21. The number of rotatable bonds is 3. The maximum absolute atomic E-state index is 2.60. The number of aromatic nitrogens is 1. The fraction of sp³-hybridized carbons (Fsp3) is 0.500. The molecular weight excluding hydrogens is 220 g/mol. The average Bonchev–Trinajstić information content (AvgIpc) is 2.71. The minimum Gasteiger partial charge on any atom is -0.346 e. The van der Waals surface area contributed by atoms with Crippen LogP contribution in [0.15, 0.2) is 24.3 Å². The van der Waals surface area contributed by atoms with Crippen LogP contribution in [-0.4, -0.2) is 22.6 Å². The lowest BCUT2D eigenvalue weighted by atomic mass is 10.0. The normalized spacial score (nSPS) is 16.1. The molecule has 0 radical (unpaired) electrons. The summed E-state index contributed by atoms with van der Waals surface area (Å²) >= 11 is 0. The van der Waals surface area contributed by atoms with Gasteiger partial charge in [0.15, 0.2) is 0 Å². The molecule has 2 aromatic rings. The molecular formula is C16H22N2. The first-order chi connectivity index (χ1) is 8.81. The lowest BCUT2D eigenvalue weighted by Crippen LogP contribution is -2.32. The third-order valence-electron chi connectivity index (χ3n) is 4.22. The second-order valence-electron chi connectivity index (χ2n) is 5.38. The molecule has 2 nitrogen and oxygen atoms in total. The molecule has 1 aromatic heterocycles. The summed E-state index contributed by atoms with van der Waals surface area (Å²) in [4.78, 5) is 2.60. The van der Waals surface area contributed by atoms with Crippen molar-refractivity contribution in [1.82, 2.24) is 9.47 Å². The van der Waals surface area contributed by atoms with E-state index in [1.54, 1.807) is 5.56 Å². The molecule has 1 aliphatic rings. The van der Waals surface area contributed by atoms with Gasteiger partial charge in [-0.15, -0.1) is 0 Å². The van der Waals surface area contributed by atoms with Gasteiger partial charge in [-0.2, -0.15) is 0 Å². The molecule has 96 valence electrons. The zero-order chi connectivity index (χ0) is 12.5. The van der Waals surface area contributed by atoms with E-state index in [2.05, 4.69) is 47.7 Å². The Morgan fingerprint density at radius 1 is 1.22 bits per heavy atom. The average molecular weight is 242 g/mol. The molecule has 18 heavy (non-hydrogen) atoms. The highest BCUT2D eigenvalue weighted by molar-refractivity contribution is 5.85. The summed E-state index contributed by atoms with van der Waals surface area (Å²) in [6.45, 7) is 5.87. The number of hydrogen-bond donors (Lipinski definition) is 0. The molecule has 0 saturated carbocycles. The van der Waals surface area contributed by atoms with Crippen molar-refractivity contribution in [2.75, 3.05) is 13.1 Å². The first kappa shape index (κ1) is 11.8. The Kier molecular flexibility index (Phi) is 3.13. The van der Waals surface area contributed by atoms with E-state index in [9.17, 15) is 0 Å². The van der Waals surface area contributed by atoms with Gasteiger partial charge in [-0.3, -0.25) is 4.90 Å². The molecule has 0 amide bonds. The van der Waals surface area contributed by atoms with Crippen LogP contribution >= 0.6 is 0 Å². The zero-order valence-electron chi connectivity index (χ0n) is 11.4. The van der Waals surface area contributed by atoms with Crippen molar-refractivity contribution >= 4 is 10.9 Å². The van der Waals surface area contributed by atoms with Gasteiger partial charge in [0.2, 0.25) is 0 Å². The minimum atomic E-state index is 1.13. The predicted molar refractivity (Wildman–Crippen MR) is 76.8 cm³/mol. The summed E-state index contributed by atoms with van der Waals surface area (Å²) < 4.78 is 2.39. The van der Waals surface area contributed by atoms with Crippen LogP contribution in [0.1, 0.15) is 31.0 Å². The molecule has 0 bridgehead atoms. The molecule has 0 N–H and O–H groups in total. The fourth-order valence-electron chi connectivity index (χ4n) is 3.14. The number of hydrogen-bond acceptors (Lipinski definition) is 1. The van der Waals surface area contributed by atoms with E-state index >= 15 is 0 Å². The second kappa shape index (κ2) is 4.77. The van der Waals surface area contributed by atoms with Crippen LogP contribution in [0.5, 0.6) is 0 Å². The summed E-state index contributed by atoms with van der Waals surface area (Å²) in [5, 5.41) is 1.46. The van der Waals surface area contributed by atoms with Crippen LogP contribution in [0.25, 0.3) is 10.9 Å². The number of nitrogens with zero attached hydrogens (tertiary/aromatic N) is 2. The molecule has 0 atom stereocenters. The Hall–Kier alpha value is -1.28. The second-order valence-corrected chi connectivity index (χ2v) is 5.38. The Morgan fingerprint density at radius 2 is 2.06 bits per heavy atom. The Balaban J connectivity index is 1.96. The predicted octanol–water partition coefficient (Wildman–Crippen LogP) is 3.34. The van der Waals surface area contributed by atoms with Crippen LogP contribution in [-0.2, 0) is 20.0 Å². The van der Waals surface area contributed by atoms with Crippen LogP contribution in [0.4, 0.5) is 0 Å². The van der Waals surface area contributed by atoms with Gasteiger partial charge < -0.3 is 4.57 Å². The van der Waals surface area contributed by atoms with Crippen molar-refractivity contribution in [3.05, 3.63) is 35.5 Å². The number of fused-ring (bicyclic) bond motifs is 3. The van der Waals surface area contributed by atoms with E-state index in [1.807, 2.05) is 0 Å². The molecule has 0 saturated heterocycles. The Labute approximate surface area is 109 Å². The van der Waals surface area contributed by atoms with Gasteiger partial charge in [-0.05, 0) is 31.0 Å². The maximum atomic E-state index is 2.60. The van der Waals surface area contributed by atoms with E-state index in [1.165, 1.54) is 48.9 Å².